The van der Waals surface area contributed by atoms with Crippen LogP contribution in [0.15, 0.2) is 24.3 Å². The second kappa shape index (κ2) is 5.23. The molecule has 0 saturated carbocycles. The summed E-state index contributed by atoms with van der Waals surface area (Å²) in [4.78, 5) is 24.4. The molecule has 17 heavy (non-hydrogen) atoms. The van der Waals surface area contributed by atoms with Gasteiger partial charge >= 0.3 is 5.91 Å². The summed E-state index contributed by atoms with van der Waals surface area (Å²) >= 11 is 1.07. The first-order valence-electron chi connectivity index (χ1n) is 5.23. The minimum atomic E-state index is -0.452. The number of amides is 1. The molecule has 1 saturated heterocycles. The maximum Gasteiger partial charge on any atom is 0.305 e. The molecule has 0 aromatic heterocycles. The van der Waals surface area contributed by atoms with Crippen molar-refractivity contribution in [1.29, 1.82) is 0 Å². The van der Waals surface area contributed by atoms with Gasteiger partial charge in [-0.2, -0.15) is 0 Å². The van der Waals surface area contributed by atoms with E-state index in [1.54, 1.807) is 24.3 Å². The predicted octanol–water partition coefficient (Wildman–Crippen LogP) is 1.51. The molecule has 1 aromatic carbocycles. The molecule has 0 atom stereocenters. The minimum absolute atomic E-state index is 0.358. The van der Waals surface area contributed by atoms with Crippen LogP contribution in [-0.4, -0.2) is 29.9 Å². The van der Waals surface area contributed by atoms with E-state index < -0.39 is 11.0 Å². The lowest BCUT2D eigenvalue weighted by Gasteiger charge is -2.25. The highest BCUT2D eigenvalue weighted by Gasteiger charge is 2.27. The van der Waals surface area contributed by atoms with Gasteiger partial charge < -0.3 is 9.64 Å². The molecular weight excluding hydrogens is 238 g/mol. The molecule has 4 nitrogen and oxygen atoms in total. The van der Waals surface area contributed by atoms with Crippen LogP contribution >= 0.6 is 11.8 Å². The SMILES string of the molecule is [CH2]COc1ccc(N2CCSC(=O)C2=O)cc1. The smallest absolute Gasteiger partial charge is 0.305 e. The third-order valence-electron chi connectivity index (χ3n) is 2.38. The third-order valence-corrected chi connectivity index (χ3v) is 3.21. The second-order valence-corrected chi connectivity index (χ2v) is 4.50. The molecule has 0 spiro atoms. The topological polar surface area (TPSA) is 46.6 Å². The molecule has 1 aromatic rings. The fourth-order valence-corrected chi connectivity index (χ4v) is 2.28. The summed E-state index contributed by atoms with van der Waals surface area (Å²) in [5, 5.41) is -0.394. The molecule has 1 aliphatic heterocycles. The predicted molar refractivity (Wildman–Crippen MR) is 67.1 cm³/mol. The van der Waals surface area contributed by atoms with Crippen LogP contribution < -0.4 is 9.64 Å². The number of benzene rings is 1. The van der Waals surface area contributed by atoms with Gasteiger partial charge in [0, 0.05) is 18.0 Å². The Morgan fingerprint density at radius 3 is 2.65 bits per heavy atom. The Bertz CT molecular complexity index is 430. The molecule has 1 aliphatic rings. The van der Waals surface area contributed by atoms with Crippen molar-refractivity contribution in [3.05, 3.63) is 31.2 Å². The minimum Gasteiger partial charge on any atom is -0.494 e. The van der Waals surface area contributed by atoms with Gasteiger partial charge in [0.05, 0.1) is 6.61 Å². The lowest BCUT2D eigenvalue weighted by Crippen LogP contribution is -2.41. The Hall–Kier alpha value is -1.49. The fraction of sp³-hybridized carbons (Fsp3) is 0.250. The molecule has 0 bridgehead atoms. The summed E-state index contributed by atoms with van der Waals surface area (Å²) in [7, 11) is 0. The van der Waals surface area contributed by atoms with E-state index in [0.29, 0.717) is 24.7 Å². The molecule has 1 radical (unpaired) electrons. The largest absolute Gasteiger partial charge is 0.494 e. The summed E-state index contributed by atoms with van der Waals surface area (Å²) < 4.78 is 5.21. The average Bonchev–Trinajstić information content (AvgIpc) is 2.34. The standard InChI is InChI=1S/C12H12NO3S/c1-2-16-10-5-3-9(4-6-10)13-7-8-17-12(15)11(13)14/h3-6H,1-2,7-8H2. The van der Waals surface area contributed by atoms with Crippen LogP contribution in [0, 0.1) is 6.92 Å². The van der Waals surface area contributed by atoms with Gasteiger partial charge in [-0.3, -0.25) is 9.59 Å². The quantitative estimate of drug-likeness (QED) is 0.763. The monoisotopic (exact) mass is 250 g/mol. The van der Waals surface area contributed by atoms with Crippen LogP contribution in [0.4, 0.5) is 5.69 Å². The molecule has 0 unspecified atom stereocenters. The van der Waals surface area contributed by atoms with E-state index >= 15 is 0 Å². The van der Waals surface area contributed by atoms with Crippen molar-refractivity contribution in [2.24, 2.45) is 0 Å². The van der Waals surface area contributed by atoms with Gasteiger partial charge in [0.25, 0.3) is 5.12 Å². The first-order chi connectivity index (χ1) is 8.22. The molecule has 5 heteroatoms. The van der Waals surface area contributed by atoms with Gasteiger partial charge in [-0.05, 0) is 31.2 Å². The molecule has 89 valence electrons. The number of thioether (sulfide) groups is 1. The van der Waals surface area contributed by atoms with Crippen LogP contribution in [0.3, 0.4) is 0 Å². The molecule has 0 aliphatic carbocycles. The van der Waals surface area contributed by atoms with E-state index in [4.69, 9.17) is 4.74 Å². The van der Waals surface area contributed by atoms with Crippen LogP contribution in [-0.2, 0) is 9.59 Å². The van der Waals surface area contributed by atoms with E-state index in [0.717, 1.165) is 17.4 Å². The van der Waals surface area contributed by atoms with Crippen molar-refractivity contribution in [2.75, 3.05) is 23.8 Å². The first-order valence-corrected chi connectivity index (χ1v) is 6.21. The highest BCUT2D eigenvalue weighted by atomic mass is 32.2. The van der Waals surface area contributed by atoms with Gasteiger partial charge in [0.1, 0.15) is 5.75 Å². The fourth-order valence-electron chi connectivity index (χ4n) is 1.59. The number of nitrogens with zero attached hydrogens (tertiary/aromatic N) is 1. The van der Waals surface area contributed by atoms with Crippen molar-refractivity contribution >= 4 is 28.5 Å². The maximum atomic E-state index is 11.7. The van der Waals surface area contributed by atoms with Crippen LogP contribution in [0.5, 0.6) is 5.75 Å². The van der Waals surface area contributed by atoms with E-state index in [2.05, 4.69) is 6.92 Å². The summed E-state index contributed by atoms with van der Waals surface area (Å²) in [6, 6.07) is 7.07. The summed E-state index contributed by atoms with van der Waals surface area (Å²) in [5.74, 6) is 0.891. The van der Waals surface area contributed by atoms with E-state index in [9.17, 15) is 9.59 Å². The number of carbonyl (C=O) groups excluding carboxylic acids is 2. The third kappa shape index (κ3) is 2.61. The molecular formula is C12H12NO3S. The Kier molecular flexibility index (Phi) is 3.68. The zero-order valence-corrected chi connectivity index (χ0v) is 10.0. The number of rotatable bonds is 3. The average molecular weight is 250 g/mol. The molecule has 1 amide bonds. The number of ether oxygens (including phenoxy) is 1. The Labute approximate surface area is 104 Å². The van der Waals surface area contributed by atoms with Crippen LogP contribution in [0.25, 0.3) is 0 Å². The number of carbonyl (C=O) groups is 2. The highest BCUT2D eigenvalue weighted by molar-refractivity contribution is 8.15. The lowest BCUT2D eigenvalue weighted by molar-refractivity contribution is -0.131. The summed E-state index contributed by atoms with van der Waals surface area (Å²) in [6.07, 6.45) is 0. The number of hydrogen-bond acceptors (Lipinski definition) is 4. The van der Waals surface area contributed by atoms with Gasteiger partial charge in [-0.1, -0.05) is 11.8 Å². The van der Waals surface area contributed by atoms with Crippen LogP contribution in [0.2, 0.25) is 0 Å². The van der Waals surface area contributed by atoms with Gasteiger partial charge in [0.15, 0.2) is 0 Å². The number of hydrogen-bond donors (Lipinski definition) is 0. The molecule has 2 rings (SSSR count). The highest BCUT2D eigenvalue weighted by Crippen LogP contribution is 2.23. The van der Waals surface area contributed by atoms with Crippen molar-refractivity contribution in [1.82, 2.24) is 0 Å². The van der Waals surface area contributed by atoms with E-state index in [1.807, 2.05) is 0 Å². The Morgan fingerprint density at radius 1 is 1.29 bits per heavy atom. The summed E-state index contributed by atoms with van der Waals surface area (Å²) in [5.41, 5.74) is 0.722. The molecule has 1 heterocycles. The van der Waals surface area contributed by atoms with Crippen molar-refractivity contribution in [3.63, 3.8) is 0 Å². The van der Waals surface area contributed by atoms with E-state index in [-0.39, 0.29) is 0 Å². The molecule has 1 fully saturated rings. The summed E-state index contributed by atoms with van der Waals surface area (Å²) in [6.45, 7) is 4.50. The normalized spacial score (nSPS) is 16.2. The van der Waals surface area contributed by atoms with Gasteiger partial charge in [-0.15, -0.1) is 0 Å². The second-order valence-electron chi connectivity index (χ2n) is 3.44. The zero-order chi connectivity index (χ0) is 12.3. The van der Waals surface area contributed by atoms with Crippen molar-refractivity contribution < 1.29 is 14.3 Å². The lowest BCUT2D eigenvalue weighted by atomic mass is 10.2. The first kappa shape index (κ1) is 12.0. The van der Waals surface area contributed by atoms with Crippen molar-refractivity contribution in [2.45, 2.75) is 0 Å². The Balaban J connectivity index is 2.16. The maximum absolute atomic E-state index is 11.7. The van der Waals surface area contributed by atoms with E-state index in [1.165, 1.54) is 4.90 Å². The van der Waals surface area contributed by atoms with Gasteiger partial charge in [-0.25, -0.2) is 0 Å². The number of anilines is 1. The molecule has 0 N–H and O–H groups in total. The van der Waals surface area contributed by atoms with Crippen LogP contribution in [0.1, 0.15) is 0 Å². The zero-order valence-electron chi connectivity index (χ0n) is 9.22. The Morgan fingerprint density at radius 2 is 2.00 bits per heavy atom. The van der Waals surface area contributed by atoms with Gasteiger partial charge in [0.2, 0.25) is 0 Å². The van der Waals surface area contributed by atoms with Crippen molar-refractivity contribution in [3.8, 4) is 5.75 Å².